The number of hydroxylamine groups is 2. The molecular weight excluding hydrogens is 278 g/mol. The van der Waals surface area contributed by atoms with Gasteiger partial charge in [0.1, 0.15) is 6.04 Å². The van der Waals surface area contributed by atoms with Gasteiger partial charge >= 0.3 is 16.4 Å². The van der Waals surface area contributed by atoms with Crippen molar-refractivity contribution in [2.75, 3.05) is 13.1 Å². The van der Waals surface area contributed by atoms with Gasteiger partial charge in [0.25, 0.3) is 0 Å². The van der Waals surface area contributed by atoms with E-state index < -0.39 is 28.5 Å². The third-order valence-corrected chi connectivity index (χ3v) is 3.50. The molecule has 0 spiro atoms. The van der Waals surface area contributed by atoms with Crippen molar-refractivity contribution in [3.63, 3.8) is 0 Å². The molecule has 0 aliphatic carbocycles. The molecule has 0 saturated carbocycles. The molecule has 9 nitrogen and oxygen atoms in total. The van der Waals surface area contributed by atoms with Gasteiger partial charge in [0, 0.05) is 13.1 Å². The fourth-order valence-corrected chi connectivity index (χ4v) is 2.78. The van der Waals surface area contributed by atoms with Gasteiger partial charge < -0.3 is 10.2 Å². The number of hydrogen-bond donors (Lipinski definition) is 2. The second kappa shape index (κ2) is 4.94. The van der Waals surface area contributed by atoms with Gasteiger partial charge in [-0.1, -0.05) is 0 Å². The summed E-state index contributed by atoms with van der Waals surface area (Å²) in [5.74, 6) is -0.275. The van der Waals surface area contributed by atoms with E-state index in [9.17, 15) is 18.0 Å². The zero-order valence-corrected chi connectivity index (χ0v) is 11.1. The summed E-state index contributed by atoms with van der Waals surface area (Å²) in [7, 11) is -4.75. The van der Waals surface area contributed by atoms with Gasteiger partial charge in [-0.15, -0.1) is 4.28 Å². The van der Waals surface area contributed by atoms with Gasteiger partial charge in [-0.25, -0.2) is 4.79 Å². The van der Waals surface area contributed by atoms with Gasteiger partial charge in [-0.3, -0.25) is 9.35 Å². The van der Waals surface area contributed by atoms with Crippen LogP contribution in [0.3, 0.4) is 0 Å². The molecule has 2 rings (SSSR count). The Morgan fingerprint density at radius 1 is 1.53 bits per heavy atom. The van der Waals surface area contributed by atoms with Crippen molar-refractivity contribution in [1.82, 2.24) is 15.3 Å². The predicted octanol–water partition coefficient (Wildman–Crippen LogP) is -0.874. The van der Waals surface area contributed by atoms with E-state index in [1.54, 1.807) is 6.92 Å². The van der Waals surface area contributed by atoms with Crippen molar-refractivity contribution >= 4 is 22.3 Å². The van der Waals surface area contributed by atoms with Crippen molar-refractivity contribution in [3.05, 3.63) is 0 Å². The molecule has 10 heteroatoms. The third-order valence-electron chi connectivity index (χ3n) is 3.15. The van der Waals surface area contributed by atoms with Crippen LogP contribution in [-0.2, 0) is 19.5 Å². The summed E-state index contributed by atoms with van der Waals surface area (Å²) < 4.78 is 34.2. The lowest BCUT2D eigenvalue weighted by Gasteiger charge is -2.29. The zero-order chi connectivity index (χ0) is 14.2. The molecule has 0 unspecified atom stereocenters. The molecule has 0 radical (unpaired) electrons. The molecule has 19 heavy (non-hydrogen) atoms. The molecule has 0 aromatic rings. The number of rotatable bonds is 4. The van der Waals surface area contributed by atoms with Crippen LogP contribution in [0, 0.1) is 0 Å². The van der Waals surface area contributed by atoms with Gasteiger partial charge in [0.15, 0.2) is 0 Å². The summed E-state index contributed by atoms with van der Waals surface area (Å²) in [6, 6.07) is -1.82. The van der Waals surface area contributed by atoms with Crippen molar-refractivity contribution in [2.45, 2.75) is 31.8 Å². The molecule has 2 heterocycles. The molecule has 2 saturated heterocycles. The maximum absolute atomic E-state index is 12.0. The Bertz CT molecular complexity index is 492. The van der Waals surface area contributed by atoms with E-state index >= 15 is 0 Å². The number of carbonyl (C=O) groups excluding carboxylic acids is 2. The first-order chi connectivity index (χ1) is 8.83. The minimum atomic E-state index is -4.75. The molecule has 3 amide bonds. The standard InChI is InChI=1S/C9H15N3O6S/c1-2-10-8(13)7-4-3-6-5-11(7)9(14)12(6)18-19(15,16)17/h6-7H,2-5H2,1H3,(H,10,13)(H,15,16,17)/t6-,7+/m1/s1. The maximum Gasteiger partial charge on any atom is 0.418 e. The largest absolute Gasteiger partial charge is 0.418 e. The predicted molar refractivity (Wildman–Crippen MR) is 62.1 cm³/mol. The monoisotopic (exact) mass is 293 g/mol. The van der Waals surface area contributed by atoms with Crippen LogP contribution in [0.5, 0.6) is 0 Å². The minimum absolute atomic E-state index is 0.205. The topological polar surface area (TPSA) is 116 Å². The number of nitrogens with zero attached hydrogens (tertiary/aromatic N) is 2. The van der Waals surface area contributed by atoms with Gasteiger partial charge in [0.2, 0.25) is 5.91 Å². The smallest absolute Gasteiger partial charge is 0.355 e. The highest BCUT2D eigenvalue weighted by atomic mass is 32.3. The number of carbonyl (C=O) groups is 2. The van der Waals surface area contributed by atoms with E-state index in [0.717, 1.165) is 0 Å². The summed E-state index contributed by atoms with van der Waals surface area (Å²) in [6.45, 7) is 2.42. The van der Waals surface area contributed by atoms with Crippen molar-refractivity contribution in [2.24, 2.45) is 0 Å². The van der Waals surface area contributed by atoms with E-state index in [1.807, 2.05) is 0 Å². The average molecular weight is 293 g/mol. The number of amides is 3. The minimum Gasteiger partial charge on any atom is -0.355 e. The Balaban J connectivity index is 2.13. The molecule has 2 fully saturated rings. The van der Waals surface area contributed by atoms with E-state index in [2.05, 4.69) is 9.60 Å². The Morgan fingerprint density at radius 2 is 2.21 bits per heavy atom. The van der Waals surface area contributed by atoms with Crippen LogP contribution in [0.1, 0.15) is 19.8 Å². The Hall–Kier alpha value is -1.39. The van der Waals surface area contributed by atoms with E-state index in [4.69, 9.17) is 4.55 Å². The van der Waals surface area contributed by atoms with E-state index in [0.29, 0.717) is 24.4 Å². The van der Waals surface area contributed by atoms with Crippen molar-refractivity contribution < 1.29 is 26.8 Å². The highest BCUT2D eigenvalue weighted by molar-refractivity contribution is 7.80. The Labute approximate surface area is 110 Å². The molecule has 0 aromatic carbocycles. The van der Waals surface area contributed by atoms with Crippen molar-refractivity contribution in [3.8, 4) is 0 Å². The van der Waals surface area contributed by atoms with Crippen LogP contribution < -0.4 is 5.32 Å². The van der Waals surface area contributed by atoms with Crippen LogP contribution in [0.2, 0.25) is 0 Å². The highest BCUT2D eigenvalue weighted by Crippen LogP contribution is 2.30. The van der Waals surface area contributed by atoms with Gasteiger partial charge in [-0.2, -0.15) is 13.5 Å². The fourth-order valence-electron chi connectivity index (χ4n) is 2.40. The number of urea groups is 1. The summed E-state index contributed by atoms with van der Waals surface area (Å²) in [5, 5.41) is 3.24. The maximum atomic E-state index is 12.0. The van der Waals surface area contributed by atoms with E-state index in [-0.39, 0.29) is 12.5 Å². The number of nitrogens with one attached hydrogen (secondary N) is 1. The van der Waals surface area contributed by atoms with Crippen LogP contribution in [0.15, 0.2) is 0 Å². The lowest BCUT2D eigenvalue weighted by atomic mass is 10.0. The van der Waals surface area contributed by atoms with Crippen LogP contribution in [-0.4, -0.2) is 60.0 Å². The number of piperidine rings is 1. The van der Waals surface area contributed by atoms with E-state index in [1.165, 1.54) is 4.90 Å². The first-order valence-electron chi connectivity index (χ1n) is 5.88. The molecule has 108 valence electrons. The Kier molecular flexibility index (Phi) is 3.65. The molecule has 2 N–H and O–H groups in total. The second-order valence-corrected chi connectivity index (χ2v) is 5.41. The lowest BCUT2D eigenvalue weighted by Crippen LogP contribution is -2.49. The summed E-state index contributed by atoms with van der Waals surface area (Å²) in [4.78, 5) is 25.0. The van der Waals surface area contributed by atoms with Crippen LogP contribution in [0.25, 0.3) is 0 Å². The summed E-state index contributed by atoms with van der Waals surface area (Å²) in [5.41, 5.74) is 0. The van der Waals surface area contributed by atoms with Gasteiger partial charge in [0.05, 0.1) is 6.04 Å². The average Bonchev–Trinajstić information content (AvgIpc) is 2.53. The third kappa shape index (κ3) is 2.80. The first kappa shape index (κ1) is 14.0. The number of likely N-dealkylation sites (N-methyl/N-ethyl adjacent to an activating group) is 1. The van der Waals surface area contributed by atoms with Gasteiger partial charge in [-0.05, 0) is 19.8 Å². The highest BCUT2D eigenvalue weighted by Gasteiger charge is 2.49. The number of fused-ring (bicyclic) bond motifs is 2. The van der Waals surface area contributed by atoms with Crippen molar-refractivity contribution in [1.29, 1.82) is 0 Å². The Morgan fingerprint density at radius 3 is 2.79 bits per heavy atom. The molecule has 0 aromatic heterocycles. The second-order valence-electron chi connectivity index (χ2n) is 4.40. The molecule has 2 bridgehead atoms. The quantitative estimate of drug-likeness (QED) is 0.651. The zero-order valence-electron chi connectivity index (χ0n) is 10.3. The summed E-state index contributed by atoms with van der Waals surface area (Å²) >= 11 is 0. The normalized spacial score (nSPS) is 26.7. The van der Waals surface area contributed by atoms with Crippen LogP contribution >= 0.6 is 0 Å². The fraction of sp³-hybridized carbons (Fsp3) is 0.778. The lowest BCUT2D eigenvalue weighted by molar-refractivity contribution is -0.125. The molecule has 2 aliphatic rings. The summed E-state index contributed by atoms with van der Waals surface area (Å²) in [6.07, 6.45) is 0.854. The first-order valence-corrected chi connectivity index (χ1v) is 7.24. The number of hydrogen-bond acceptors (Lipinski definition) is 5. The molecule has 2 aliphatic heterocycles. The van der Waals surface area contributed by atoms with Crippen LogP contribution in [0.4, 0.5) is 4.79 Å². The molecule has 2 atom stereocenters. The molecular formula is C9H15N3O6S. The SMILES string of the molecule is CCNC(=O)[C@@H]1CC[C@@H]2CN1C(=O)N2OS(=O)(=O)O.